The van der Waals surface area contributed by atoms with E-state index in [-0.39, 0.29) is 19.7 Å². The topological polar surface area (TPSA) is 78.8 Å². The maximum atomic E-state index is 11.4. The number of amides is 2. The lowest BCUT2D eigenvalue weighted by Crippen LogP contribution is -2.60. The molecule has 0 aromatic heterocycles. The van der Waals surface area contributed by atoms with Gasteiger partial charge in [-0.3, -0.25) is 0 Å². The van der Waals surface area contributed by atoms with Gasteiger partial charge in [0.05, 0.1) is 6.54 Å². The molecule has 0 aromatic carbocycles. The maximum Gasteiger partial charge on any atom is 0.528 e. The van der Waals surface area contributed by atoms with E-state index in [2.05, 4.69) is 16.3 Å². The SMILES string of the molecule is C=CCOC(=O)[N+]1(C(=O)[O-])C=NCC1. The summed E-state index contributed by atoms with van der Waals surface area (Å²) in [6, 6.07) is 0. The van der Waals surface area contributed by atoms with Crippen molar-refractivity contribution in [1.82, 2.24) is 0 Å². The fourth-order valence-corrected chi connectivity index (χ4v) is 1.07. The smallest absolute Gasteiger partial charge is 0.497 e. The minimum atomic E-state index is -1.53. The van der Waals surface area contributed by atoms with Crippen molar-refractivity contribution >= 4 is 18.5 Å². The second kappa shape index (κ2) is 4.01. The van der Waals surface area contributed by atoms with Gasteiger partial charge < -0.3 is 14.6 Å². The van der Waals surface area contributed by atoms with Gasteiger partial charge in [0.1, 0.15) is 13.2 Å². The van der Waals surface area contributed by atoms with Crippen molar-refractivity contribution in [3.8, 4) is 0 Å². The summed E-state index contributed by atoms with van der Waals surface area (Å²) < 4.78 is 3.65. The average Bonchev–Trinajstić information content (AvgIpc) is 2.63. The van der Waals surface area contributed by atoms with Crippen molar-refractivity contribution in [3.05, 3.63) is 12.7 Å². The summed E-state index contributed by atoms with van der Waals surface area (Å²) in [4.78, 5) is 25.8. The third kappa shape index (κ3) is 1.64. The zero-order valence-corrected chi connectivity index (χ0v) is 7.51. The van der Waals surface area contributed by atoms with Crippen LogP contribution in [0.4, 0.5) is 9.59 Å². The fourth-order valence-electron chi connectivity index (χ4n) is 1.07. The van der Waals surface area contributed by atoms with E-state index in [0.717, 1.165) is 6.34 Å². The van der Waals surface area contributed by atoms with Crippen molar-refractivity contribution in [2.24, 2.45) is 4.99 Å². The highest BCUT2D eigenvalue weighted by Crippen LogP contribution is 2.11. The van der Waals surface area contributed by atoms with E-state index in [1.54, 1.807) is 0 Å². The molecule has 6 heteroatoms. The Labute approximate surface area is 80.7 Å². The normalized spacial score (nSPS) is 24.6. The van der Waals surface area contributed by atoms with Crippen LogP contribution < -0.4 is 5.11 Å². The Kier molecular flexibility index (Phi) is 2.98. The molecule has 0 saturated carbocycles. The zero-order chi connectivity index (χ0) is 10.6. The molecule has 0 fully saturated rings. The molecule has 0 N–H and O–H groups in total. The number of quaternary nitrogens is 1. The molecule has 1 atom stereocenters. The van der Waals surface area contributed by atoms with Crippen LogP contribution in [0.5, 0.6) is 0 Å². The number of imide groups is 1. The molecule has 0 radical (unpaired) electrons. The summed E-state index contributed by atoms with van der Waals surface area (Å²) in [6.45, 7) is 3.63. The van der Waals surface area contributed by atoms with Gasteiger partial charge in [0.15, 0.2) is 0 Å². The highest BCUT2D eigenvalue weighted by atomic mass is 16.6. The lowest BCUT2D eigenvalue weighted by atomic mass is 10.5. The summed E-state index contributed by atoms with van der Waals surface area (Å²) in [5, 5.41) is 10.8. The number of carbonyl (C=O) groups excluding carboxylic acids is 2. The molecule has 0 saturated heterocycles. The number of nitrogens with zero attached hydrogens (tertiary/aromatic N) is 2. The van der Waals surface area contributed by atoms with Crippen molar-refractivity contribution in [2.45, 2.75) is 0 Å². The minimum Gasteiger partial charge on any atom is -0.497 e. The number of aliphatic imine (C=N–C) groups is 1. The first-order valence-electron chi connectivity index (χ1n) is 4.02. The molecule has 1 rings (SSSR count). The number of hydrogen-bond acceptors (Lipinski definition) is 5. The number of ether oxygens (including phenoxy) is 1. The van der Waals surface area contributed by atoms with Crippen LogP contribution in [-0.4, -0.2) is 42.7 Å². The predicted molar refractivity (Wildman–Crippen MR) is 45.4 cm³/mol. The van der Waals surface area contributed by atoms with Crippen molar-refractivity contribution < 1.29 is 23.9 Å². The molecule has 0 bridgehead atoms. The van der Waals surface area contributed by atoms with Gasteiger partial charge in [0, 0.05) is 0 Å². The summed E-state index contributed by atoms with van der Waals surface area (Å²) in [5.74, 6) is 0. The van der Waals surface area contributed by atoms with Crippen LogP contribution in [0.2, 0.25) is 0 Å². The first-order chi connectivity index (χ1) is 6.63. The van der Waals surface area contributed by atoms with E-state index in [1.165, 1.54) is 6.08 Å². The van der Waals surface area contributed by atoms with Crippen LogP contribution in [-0.2, 0) is 4.74 Å². The van der Waals surface area contributed by atoms with Crippen molar-refractivity contribution in [2.75, 3.05) is 19.7 Å². The average molecular weight is 198 g/mol. The number of hydrogen-bond donors (Lipinski definition) is 0. The van der Waals surface area contributed by atoms with Gasteiger partial charge in [-0.1, -0.05) is 12.7 Å². The van der Waals surface area contributed by atoms with Gasteiger partial charge in [-0.25, -0.2) is 4.99 Å². The van der Waals surface area contributed by atoms with Gasteiger partial charge in [0.25, 0.3) is 6.09 Å². The third-order valence-corrected chi connectivity index (χ3v) is 1.84. The second-order valence-electron chi connectivity index (χ2n) is 2.75. The van der Waals surface area contributed by atoms with Gasteiger partial charge in [-0.15, -0.1) is 4.48 Å². The van der Waals surface area contributed by atoms with E-state index in [4.69, 9.17) is 0 Å². The van der Waals surface area contributed by atoms with Gasteiger partial charge >= 0.3 is 6.09 Å². The zero-order valence-electron chi connectivity index (χ0n) is 7.51. The quantitative estimate of drug-likeness (QED) is 0.443. The molecule has 0 aromatic rings. The highest BCUT2D eigenvalue weighted by molar-refractivity contribution is 5.85. The minimum absolute atomic E-state index is 0.0278. The Balaban J connectivity index is 2.78. The van der Waals surface area contributed by atoms with Crippen LogP contribution >= 0.6 is 0 Å². The van der Waals surface area contributed by atoms with E-state index < -0.39 is 16.7 Å². The van der Waals surface area contributed by atoms with Gasteiger partial charge in [0.2, 0.25) is 6.34 Å². The van der Waals surface area contributed by atoms with Gasteiger partial charge in [-0.2, -0.15) is 4.79 Å². The Morgan fingerprint density at radius 3 is 2.86 bits per heavy atom. The predicted octanol–water partition coefficient (Wildman–Crippen LogP) is -0.489. The van der Waals surface area contributed by atoms with Crippen molar-refractivity contribution in [1.29, 1.82) is 0 Å². The molecule has 1 aliphatic rings. The molecular formula is C8H10N2O4. The Hall–Kier alpha value is -1.69. The maximum absolute atomic E-state index is 11.4. The molecule has 2 amide bonds. The molecule has 1 unspecified atom stereocenters. The summed E-state index contributed by atoms with van der Waals surface area (Å²) in [7, 11) is 0. The van der Waals surface area contributed by atoms with Crippen LogP contribution in [0.1, 0.15) is 0 Å². The molecular weight excluding hydrogens is 188 g/mol. The molecule has 76 valence electrons. The van der Waals surface area contributed by atoms with Crippen LogP contribution in [0.3, 0.4) is 0 Å². The fraction of sp³-hybridized carbons (Fsp3) is 0.375. The summed E-state index contributed by atoms with van der Waals surface area (Å²) in [5.41, 5.74) is 0. The molecule has 6 nitrogen and oxygen atoms in total. The Morgan fingerprint density at radius 1 is 1.71 bits per heavy atom. The first kappa shape index (κ1) is 10.4. The van der Waals surface area contributed by atoms with Crippen LogP contribution in [0.25, 0.3) is 0 Å². The van der Waals surface area contributed by atoms with Gasteiger partial charge in [-0.05, 0) is 0 Å². The van der Waals surface area contributed by atoms with E-state index in [9.17, 15) is 14.7 Å². The lowest BCUT2D eigenvalue weighted by Gasteiger charge is -2.24. The Bertz CT molecular complexity index is 300. The number of carboxylic acid groups (broad SMARTS) is 1. The first-order valence-corrected chi connectivity index (χ1v) is 4.02. The van der Waals surface area contributed by atoms with Crippen LogP contribution in [0.15, 0.2) is 17.6 Å². The molecule has 1 aliphatic heterocycles. The summed E-state index contributed by atoms with van der Waals surface area (Å²) >= 11 is 0. The molecule has 1 heterocycles. The van der Waals surface area contributed by atoms with E-state index in [1.807, 2.05) is 0 Å². The largest absolute Gasteiger partial charge is 0.528 e. The second-order valence-corrected chi connectivity index (χ2v) is 2.75. The van der Waals surface area contributed by atoms with E-state index >= 15 is 0 Å². The molecule has 14 heavy (non-hydrogen) atoms. The highest BCUT2D eigenvalue weighted by Gasteiger charge is 2.43. The number of rotatable bonds is 2. The third-order valence-electron chi connectivity index (χ3n) is 1.84. The monoisotopic (exact) mass is 198 g/mol. The summed E-state index contributed by atoms with van der Waals surface area (Å²) in [6.07, 6.45) is -0.0380. The van der Waals surface area contributed by atoms with Crippen molar-refractivity contribution in [3.63, 3.8) is 0 Å². The molecule has 0 aliphatic carbocycles. The molecule has 0 spiro atoms. The van der Waals surface area contributed by atoms with E-state index in [0.29, 0.717) is 0 Å². The number of carbonyl (C=O) groups is 2. The lowest BCUT2D eigenvalue weighted by molar-refractivity contribution is -0.707. The Morgan fingerprint density at radius 2 is 2.43 bits per heavy atom. The standard InChI is InChI=1S/C8H10N2O4/c1-2-5-14-8(13)10(7(11)12)4-3-9-6-10/h2,6H,1,3-5H2. The van der Waals surface area contributed by atoms with Crippen LogP contribution in [0, 0.1) is 0 Å².